The molecule has 12 heteroatoms. The lowest BCUT2D eigenvalue weighted by Crippen LogP contribution is -2.08. The highest BCUT2D eigenvalue weighted by Gasteiger charge is 2.16. The number of carbonyl (C=O) groups is 2. The molecule has 10 nitrogen and oxygen atoms in total. The summed E-state index contributed by atoms with van der Waals surface area (Å²) in [6.07, 6.45) is 8.06. The van der Waals surface area contributed by atoms with Crippen LogP contribution in [0.25, 0.3) is 0 Å². The number of sulfone groups is 2. The molecule has 274 valence electrons. The molecule has 4 aromatic carbocycles. The van der Waals surface area contributed by atoms with Gasteiger partial charge in [-0.05, 0) is 60.4 Å². The summed E-state index contributed by atoms with van der Waals surface area (Å²) in [5.41, 5.74) is 3.38. The third kappa shape index (κ3) is 14.4. The Balaban J connectivity index is 1.20. The van der Waals surface area contributed by atoms with Gasteiger partial charge in [-0.3, -0.25) is 19.6 Å². The Morgan fingerprint density at radius 1 is 0.558 bits per heavy atom. The van der Waals surface area contributed by atoms with Gasteiger partial charge in [0.25, 0.3) is 0 Å². The van der Waals surface area contributed by atoms with Crippen LogP contribution in [0.4, 0.5) is 0 Å². The molecule has 0 heterocycles. The lowest BCUT2D eigenvalue weighted by Gasteiger charge is -2.12. The van der Waals surface area contributed by atoms with E-state index < -0.39 is 19.7 Å². The Morgan fingerprint density at radius 3 is 1.31 bits per heavy atom. The Morgan fingerprint density at radius 2 is 0.942 bits per heavy atom. The van der Waals surface area contributed by atoms with Gasteiger partial charge in [0, 0.05) is 47.9 Å². The third-order valence-electron chi connectivity index (χ3n) is 7.74. The van der Waals surface area contributed by atoms with Crippen LogP contribution in [0.15, 0.2) is 107 Å². The van der Waals surface area contributed by atoms with E-state index in [1.807, 2.05) is 60.7 Å². The summed E-state index contributed by atoms with van der Waals surface area (Å²) in [7, 11) is -6.74. The van der Waals surface area contributed by atoms with Crippen molar-refractivity contribution in [1.82, 2.24) is 0 Å². The maximum absolute atomic E-state index is 12.8. The Hall–Kier alpha value is -4.94. The second-order valence-corrected chi connectivity index (χ2v) is 16.8. The molecule has 0 fully saturated rings. The molecule has 0 spiro atoms. The van der Waals surface area contributed by atoms with Crippen molar-refractivity contribution in [2.24, 2.45) is 9.98 Å². The Kier molecular flexibility index (Phi) is 15.0. The maximum Gasteiger partial charge on any atom is 0.203 e. The van der Waals surface area contributed by atoms with Crippen LogP contribution in [-0.2, 0) is 44.4 Å². The van der Waals surface area contributed by atoms with E-state index in [-0.39, 0.29) is 36.3 Å². The minimum Gasteiger partial charge on any atom is -0.489 e. The number of rotatable bonds is 21. The Labute approximate surface area is 306 Å². The minimum atomic E-state index is -3.37. The first-order chi connectivity index (χ1) is 24.9. The molecule has 0 amide bonds. The van der Waals surface area contributed by atoms with Crippen molar-refractivity contribution in [3.8, 4) is 11.5 Å². The topological polar surface area (TPSA) is 146 Å². The minimum absolute atomic E-state index is 0.252. The van der Waals surface area contributed by atoms with E-state index >= 15 is 0 Å². The first kappa shape index (κ1) is 39.8. The standard InChI is InChI=1S/C40H44N2O8S2/c1-51(45,46)29-35-23-33(17-19-39(35)49-27-31-13-7-5-8-14-31)37(43)25-41-21-11-3-4-12-22-42-26-38(44)34-18-20-40(36(24-34)30-52(2,47)48)50-28-32-15-9-6-10-16-32/h5-10,13-20,23-26H,3-4,11-12,21-22,27-30H2,1-2H3. The summed E-state index contributed by atoms with van der Waals surface area (Å²) in [6.45, 7) is 1.46. The third-order valence-corrected chi connectivity index (χ3v) is 9.41. The van der Waals surface area contributed by atoms with E-state index in [9.17, 15) is 26.4 Å². The number of benzene rings is 4. The zero-order valence-corrected chi connectivity index (χ0v) is 31.1. The highest BCUT2D eigenvalue weighted by molar-refractivity contribution is 7.90. The number of aliphatic imine (C=N–C) groups is 2. The summed E-state index contributed by atoms with van der Waals surface area (Å²) < 4.78 is 60.0. The summed E-state index contributed by atoms with van der Waals surface area (Å²) in [5.74, 6) is -0.318. The van der Waals surface area contributed by atoms with E-state index in [1.54, 1.807) is 36.4 Å². The van der Waals surface area contributed by atoms with E-state index in [0.717, 1.165) is 49.3 Å². The van der Waals surface area contributed by atoms with Gasteiger partial charge in [-0.25, -0.2) is 16.8 Å². The van der Waals surface area contributed by atoms with Gasteiger partial charge in [-0.15, -0.1) is 0 Å². The van der Waals surface area contributed by atoms with Crippen LogP contribution in [-0.4, -0.2) is 66.4 Å². The van der Waals surface area contributed by atoms with Gasteiger partial charge in [-0.2, -0.15) is 0 Å². The van der Waals surface area contributed by atoms with Gasteiger partial charge in [0.15, 0.2) is 19.7 Å². The summed E-state index contributed by atoms with van der Waals surface area (Å²) in [4.78, 5) is 34.1. The molecule has 0 aliphatic heterocycles. The van der Waals surface area contributed by atoms with Gasteiger partial charge in [0.05, 0.1) is 23.9 Å². The number of nitrogens with zero attached hydrogens (tertiary/aromatic N) is 2. The van der Waals surface area contributed by atoms with Gasteiger partial charge in [0.2, 0.25) is 11.6 Å². The van der Waals surface area contributed by atoms with Crippen molar-refractivity contribution in [3.63, 3.8) is 0 Å². The van der Waals surface area contributed by atoms with Gasteiger partial charge in [-0.1, -0.05) is 73.5 Å². The van der Waals surface area contributed by atoms with Crippen LogP contribution in [0, 0.1) is 0 Å². The van der Waals surface area contributed by atoms with Crippen LogP contribution < -0.4 is 9.47 Å². The van der Waals surface area contributed by atoms with Crippen LogP contribution in [0.3, 0.4) is 0 Å². The van der Waals surface area contributed by atoms with Crippen LogP contribution in [0.2, 0.25) is 0 Å². The van der Waals surface area contributed by atoms with Gasteiger partial charge < -0.3 is 9.47 Å². The fraction of sp³-hybridized carbons (Fsp3) is 0.300. The fourth-order valence-electron chi connectivity index (χ4n) is 5.21. The number of ketones is 2. The normalized spacial score (nSPS) is 12.0. The smallest absolute Gasteiger partial charge is 0.203 e. The van der Waals surface area contributed by atoms with Crippen molar-refractivity contribution in [2.75, 3.05) is 25.6 Å². The lowest BCUT2D eigenvalue weighted by atomic mass is 10.1. The fourth-order valence-corrected chi connectivity index (χ4v) is 6.79. The molecule has 0 aromatic heterocycles. The monoisotopic (exact) mass is 744 g/mol. The molecule has 4 rings (SSSR count). The number of ether oxygens (including phenoxy) is 2. The van der Waals surface area contributed by atoms with Gasteiger partial charge >= 0.3 is 0 Å². The van der Waals surface area contributed by atoms with E-state index in [4.69, 9.17) is 9.47 Å². The average molecular weight is 745 g/mol. The van der Waals surface area contributed by atoms with Crippen molar-refractivity contribution in [3.05, 3.63) is 130 Å². The van der Waals surface area contributed by atoms with Crippen molar-refractivity contribution >= 4 is 43.7 Å². The molecule has 0 atom stereocenters. The van der Waals surface area contributed by atoms with E-state index in [2.05, 4.69) is 9.98 Å². The first-order valence-electron chi connectivity index (χ1n) is 16.9. The molecule has 0 aliphatic carbocycles. The molecule has 0 bridgehead atoms. The first-order valence-corrected chi connectivity index (χ1v) is 21.0. The van der Waals surface area contributed by atoms with Gasteiger partial charge in [0.1, 0.15) is 24.7 Å². The molecule has 0 saturated heterocycles. The zero-order valence-electron chi connectivity index (χ0n) is 29.4. The second-order valence-electron chi connectivity index (χ2n) is 12.5. The molecule has 0 unspecified atom stereocenters. The summed E-state index contributed by atoms with van der Waals surface area (Å²) in [5, 5.41) is 0. The quantitative estimate of drug-likeness (QED) is 0.0521. The average Bonchev–Trinajstić information content (AvgIpc) is 3.10. The van der Waals surface area contributed by atoms with E-state index in [0.29, 0.717) is 46.8 Å². The molecule has 0 aliphatic rings. The lowest BCUT2D eigenvalue weighted by molar-refractivity contribution is 0.106. The Bertz CT molecular complexity index is 1930. The van der Waals surface area contributed by atoms with E-state index in [1.165, 1.54) is 12.4 Å². The molecule has 52 heavy (non-hydrogen) atoms. The van der Waals surface area contributed by atoms with Crippen LogP contribution >= 0.6 is 0 Å². The molecule has 4 aromatic rings. The molecule has 0 saturated carbocycles. The highest BCUT2D eigenvalue weighted by atomic mass is 32.2. The zero-order chi connectivity index (χ0) is 37.4. The van der Waals surface area contributed by atoms with Crippen molar-refractivity contribution < 1.29 is 35.9 Å². The summed E-state index contributed by atoms with van der Waals surface area (Å²) in [6, 6.07) is 28.6. The maximum atomic E-state index is 12.8. The van der Waals surface area contributed by atoms with Crippen LogP contribution in [0.5, 0.6) is 11.5 Å². The molecular weight excluding hydrogens is 701 g/mol. The number of Topliss-reactive ketones (excluding diaryl/α,β-unsaturated/α-hetero) is 2. The predicted octanol–water partition coefficient (Wildman–Crippen LogP) is 6.70. The number of hydrogen-bond acceptors (Lipinski definition) is 10. The van der Waals surface area contributed by atoms with Crippen molar-refractivity contribution in [1.29, 1.82) is 0 Å². The molecule has 0 radical (unpaired) electrons. The predicted molar refractivity (Wildman–Crippen MR) is 205 cm³/mol. The molecule has 0 N–H and O–H groups in total. The summed E-state index contributed by atoms with van der Waals surface area (Å²) >= 11 is 0. The molecular formula is C40H44N2O8S2. The van der Waals surface area contributed by atoms with Crippen molar-refractivity contribution in [2.45, 2.75) is 50.4 Å². The SMILES string of the molecule is CS(=O)(=O)Cc1cc(C(=O)C=NCCCCCCN=CC(=O)c2ccc(OCc3ccccc3)c(CS(C)(=O)=O)c2)ccc1OCc1ccccc1. The largest absolute Gasteiger partial charge is 0.489 e. The highest BCUT2D eigenvalue weighted by Crippen LogP contribution is 2.25. The number of carbonyl (C=O) groups excluding carboxylic acids is 2. The second kappa shape index (κ2) is 19.6. The number of hydrogen-bond donors (Lipinski definition) is 0. The number of unbranched alkanes of at least 4 members (excludes halogenated alkanes) is 3. The van der Waals surface area contributed by atoms with Crippen LogP contribution in [0.1, 0.15) is 68.7 Å².